The minimum absolute atomic E-state index is 0.170. The lowest BCUT2D eigenvalue weighted by Crippen LogP contribution is -2.43. The van der Waals surface area contributed by atoms with Crippen LogP contribution in [0.25, 0.3) is 22.1 Å². The van der Waals surface area contributed by atoms with E-state index in [1.807, 2.05) is 0 Å². The zero-order chi connectivity index (χ0) is 38.7. The Morgan fingerprint density at radius 2 is 0.825 bits per heavy atom. The normalized spacial score (nSPS) is 24.9. The van der Waals surface area contributed by atoms with E-state index in [0.29, 0.717) is 12.1 Å². The second-order valence-corrected chi connectivity index (χ2v) is 19.7. The van der Waals surface area contributed by atoms with Gasteiger partial charge in [0.25, 0.3) is 0 Å². The van der Waals surface area contributed by atoms with Crippen molar-refractivity contribution < 1.29 is 0 Å². The van der Waals surface area contributed by atoms with Crippen LogP contribution in [0.4, 0.5) is 0 Å². The third-order valence-corrected chi connectivity index (χ3v) is 15.4. The summed E-state index contributed by atoms with van der Waals surface area (Å²) in [5, 5.41) is 0. The summed E-state index contributed by atoms with van der Waals surface area (Å²) in [4.78, 5) is 15.6. The summed E-state index contributed by atoms with van der Waals surface area (Å²) in [7, 11) is 0. The second-order valence-electron chi connectivity index (χ2n) is 19.7. The minimum atomic E-state index is -0.241. The average Bonchev–Trinajstić information content (AvgIpc) is 3.89. The van der Waals surface area contributed by atoms with Crippen molar-refractivity contribution in [3.63, 3.8) is 0 Å². The number of nitrogens with zero attached hydrogens (tertiary/aromatic N) is 6. The number of hydrogen-bond acceptors (Lipinski definition) is 6. The van der Waals surface area contributed by atoms with Crippen LogP contribution in [0, 0.1) is 11.8 Å². The third-order valence-electron chi connectivity index (χ3n) is 15.4. The molecule has 4 saturated carbocycles. The van der Waals surface area contributed by atoms with Gasteiger partial charge in [0.05, 0.1) is 33.1 Å². The van der Waals surface area contributed by atoms with Crippen LogP contribution in [0.5, 0.6) is 0 Å². The monoisotopic (exact) mass is 775 g/mol. The predicted octanol–water partition coefficient (Wildman–Crippen LogP) is 10.4. The summed E-state index contributed by atoms with van der Waals surface area (Å²) in [5.41, 5.74) is 18.0. The van der Waals surface area contributed by atoms with Crippen molar-refractivity contribution in [3.8, 4) is 0 Å². The van der Waals surface area contributed by atoms with E-state index >= 15 is 0 Å². The largest absolute Gasteiger partial charge is 0.323 e. The number of imidazole rings is 2. The van der Waals surface area contributed by atoms with Gasteiger partial charge in [0, 0.05) is 51.4 Å². The van der Waals surface area contributed by atoms with Crippen LogP contribution in [0.1, 0.15) is 171 Å². The van der Waals surface area contributed by atoms with Crippen molar-refractivity contribution in [1.29, 1.82) is 0 Å². The van der Waals surface area contributed by atoms with Gasteiger partial charge in [0.1, 0.15) is 11.6 Å². The highest BCUT2D eigenvalue weighted by Crippen LogP contribution is 2.45. The maximum absolute atomic E-state index is 7.02. The first-order chi connectivity index (χ1) is 28.0. The summed E-state index contributed by atoms with van der Waals surface area (Å²) in [6.07, 6.45) is 30.5. The summed E-state index contributed by atoms with van der Waals surface area (Å²) in [6, 6.07) is 18.4. The fourth-order valence-corrected chi connectivity index (χ4v) is 11.8. The quantitative estimate of drug-likeness (QED) is 0.173. The maximum atomic E-state index is 7.02. The Kier molecular flexibility index (Phi) is 12.4. The number of fused-ring (bicyclic) bond motifs is 2. The van der Waals surface area contributed by atoms with Crippen molar-refractivity contribution in [2.75, 3.05) is 39.3 Å². The highest BCUT2D eigenvalue weighted by molar-refractivity contribution is 5.77. The maximum Gasteiger partial charge on any atom is 0.130 e. The lowest BCUT2D eigenvalue weighted by molar-refractivity contribution is 0.153. The van der Waals surface area contributed by atoms with Gasteiger partial charge in [-0.2, -0.15) is 0 Å². The van der Waals surface area contributed by atoms with Crippen LogP contribution in [0.3, 0.4) is 0 Å². The molecule has 0 atom stereocenters. The van der Waals surface area contributed by atoms with Crippen LogP contribution in [-0.4, -0.2) is 68.2 Å². The van der Waals surface area contributed by atoms with E-state index in [2.05, 4.69) is 67.5 Å². The molecule has 0 spiro atoms. The molecule has 0 amide bonds. The molecule has 0 radical (unpaired) electrons. The molecule has 2 aromatic carbocycles. The average molecular weight is 775 g/mol. The van der Waals surface area contributed by atoms with Gasteiger partial charge in [-0.25, -0.2) is 9.97 Å². The van der Waals surface area contributed by atoms with Crippen LogP contribution in [0.2, 0.25) is 0 Å². The summed E-state index contributed by atoms with van der Waals surface area (Å²) < 4.78 is 5.09. The number of rotatable bonds is 8. The molecular formula is C49H74N8. The van der Waals surface area contributed by atoms with Crippen molar-refractivity contribution >= 4 is 22.1 Å². The van der Waals surface area contributed by atoms with Crippen LogP contribution >= 0.6 is 0 Å². The van der Waals surface area contributed by atoms with Gasteiger partial charge < -0.3 is 30.4 Å². The van der Waals surface area contributed by atoms with Crippen molar-refractivity contribution in [2.24, 2.45) is 23.3 Å². The number of para-hydroxylation sites is 4. The van der Waals surface area contributed by atoms with Crippen LogP contribution < -0.4 is 11.5 Å². The number of piperidine rings is 2. The van der Waals surface area contributed by atoms with E-state index in [-0.39, 0.29) is 11.1 Å². The molecule has 2 saturated heterocycles. The number of likely N-dealkylation sites (tertiary alicyclic amines) is 2. The Balaban J connectivity index is 0.000000149. The SMILES string of the molecule is NC1(c2nc3ccccc3n2C2CCN(CC3CCCCCC3)CC2)CC1.NC1(c2nc3ccccc3n2C2CCN(CC3CCCCCC3)CC2)CCCCC1. The van der Waals surface area contributed by atoms with Gasteiger partial charge in [-0.1, -0.05) is 94.9 Å². The molecule has 6 fully saturated rings. The highest BCUT2D eigenvalue weighted by Gasteiger charge is 2.45. The van der Waals surface area contributed by atoms with E-state index in [0.717, 1.165) is 54.4 Å². The van der Waals surface area contributed by atoms with Crippen molar-refractivity contribution in [1.82, 2.24) is 28.9 Å². The minimum Gasteiger partial charge on any atom is -0.323 e. The number of nitrogens with two attached hydrogens (primary N) is 2. The van der Waals surface area contributed by atoms with Gasteiger partial charge in [-0.05, 0) is 113 Å². The van der Waals surface area contributed by atoms with E-state index in [9.17, 15) is 0 Å². The highest BCUT2D eigenvalue weighted by atomic mass is 15.2. The Morgan fingerprint density at radius 1 is 0.456 bits per heavy atom. The molecule has 57 heavy (non-hydrogen) atoms. The zero-order valence-corrected chi connectivity index (χ0v) is 35.3. The molecule has 8 heteroatoms. The smallest absolute Gasteiger partial charge is 0.130 e. The molecule has 4 N–H and O–H groups in total. The summed E-state index contributed by atoms with van der Waals surface area (Å²) >= 11 is 0. The molecular weight excluding hydrogens is 701 g/mol. The lowest BCUT2D eigenvalue weighted by Gasteiger charge is -2.38. The molecule has 6 aliphatic rings. The van der Waals surface area contributed by atoms with Crippen molar-refractivity contribution in [2.45, 2.75) is 171 Å². The third kappa shape index (κ3) is 9.05. The first kappa shape index (κ1) is 39.7. The van der Waals surface area contributed by atoms with Crippen molar-refractivity contribution in [3.05, 3.63) is 60.2 Å². The van der Waals surface area contributed by atoms with E-state index in [1.54, 1.807) is 0 Å². The molecule has 310 valence electrons. The lowest BCUT2D eigenvalue weighted by atomic mass is 9.81. The number of benzene rings is 2. The zero-order valence-electron chi connectivity index (χ0n) is 35.3. The molecule has 4 heterocycles. The predicted molar refractivity (Wildman–Crippen MR) is 235 cm³/mol. The van der Waals surface area contributed by atoms with Crippen LogP contribution in [0.15, 0.2) is 48.5 Å². The summed E-state index contributed by atoms with van der Waals surface area (Å²) in [6.45, 7) is 7.56. The molecule has 10 rings (SSSR count). The van der Waals surface area contributed by atoms with Gasteiger partial charge in [-0.3, -0.25) is 0 Å². The van der Waals surface area contributed by atoms with Gasteiger partial charge >= 0.3 is 0 Å². The first-order valence-corrected chi connectivity index (χ1v) is 23.9. The Bertz CT molecular complexity index is 1870. The van der Waals surface area contributed by atoms with E-state index in [1.165, 1.54) is 178 Å². The van der Waals surface area contributed by atoms with Crippen LogP contribution in [-0.2, 0) is 11.1 Å². The second kappa shape index (κ2) is 17.8. The van der Waals surface area contributed by atoms with E-state index < -0.39 is 0 Å². The molecule has 2 aromatic heterocycles. The van der Waals surface area contributed by atoms with Gasteiger partial charge in [-0.15, -0.1) is 0 Å². The standard InChI is InChI=1S/C26H40N4.C23H34N4/c27-26(16-8-3-9-17-26)25-28-23-12-6-7-13-24(23)30(25)22-14-18-29(19-15-22)20-21-10-4-1-2-5-11-21;24-23(13-14-23)22-25-20-9-5-6-10-21(20)27(22)19-11-15-26(16-12-19)17-18-7-3-1-2-4-8-18/h6-7,12-13,21-22H,1-5,8-11,14-20,27H2;5-6,9-10,18-19H,1-4,7-8,11-17,24H2. The molecule has 8 nitrogen and oxygen atoms in total. The Labute approximate surface area is 343 Å². The number of aromatic nitrogens is 4. The first-order valence-electron chi connectivity index (χ1n) is 23.9. The van der Waals surface area contributed by atoms with Gasteiger partial charge in [0.15, 0.2) is 0 Å². The molecule has 4 aromatic rings. The fraction of sp³-hybridized carbons (Fsp3) is 0.714. The molecule has 0 unspecified atom stereocenters. The van der Waals surface area contributed by atoms with E-state index in [4.69, 9.17) is 21.4 Å². The number of hydrogen-bond donors (Lipinski definition) is 2. The fourth-order valence-electron chi connectivity index (χ4n) is 11.8. The molecule has 0 bridgehead atoms. The molecule has 2 aliphatic heterocycles. The summed E-state index contributed by atoms with van der Waals surface area (Å²) in [5.74, 6) is 4.19. The Hall–Kier alpha value is -2.78. The molecule has 4 aliphatic carbocycles. The Morgan fingerprint density at radius 3 is 1.23 bits per heavy atom. The van der Waals surface area contributed by atoms with Gasteiger partial charge in [0.2, 0.25) is 0 Å². The topological polar surface area (TPSA) is 94.2 Å².